The fourth-order valence-electron chi connectivity index (χ4n) is 3.46. The molecule has 3 heterocycles. The zero-order valence-electron chi connectivity index (χ0n) is 15.0. The van der Waals surface area contributed by atoms with E-state index in [2.05, 4.69) is 14.9 Å². The lowest BCUT2D eigenvalue weighted by Crippen LogP contribution is -2.38. The highest BCUT2D eigenvalue weighted by Gasteiger charge is 2.24. The number of hydrogen-bond acceptors (Lipinski definition) is 4. The van der Waals surface area contributed by atoms with Gasteiger partial charge in [0.2, 0.25) is 0 Å². The van der Waals surface area contributed by atoms with Crippen LogP contribution >= 0.6 is 0 Å². The number of aryl methyl sites for hydroxylation is 3. The van der Waals surface area contributed by atoms with Crippen LogP contribution in [0.3, 0.4) is 0 Å². The molecule has 0 atom stereocenters. The van der Waals surface area contributed by atoms with E-state index in [0.29, 0.717) is 13.1 Å². The molecule has 2 aromatic rings. The Kier molecular flexibility index (Phi) is 4.88. The van der Waals surface area contributed by atoms with Gasteiger partial charge in [0.15, 0.2) is 0 Å². The maximum absolute atomic E-state index is 12.9. The van der Waals surface area contributed by atoms with Crippen molar-refractivity contribution < 1.29 is 4.79 Å². The van der Waals surface area contributed by atoms with Crippen molar-refractivity contribution in [2.75, 3.05) is 31.1 Å². The van der Waals surface area contributed by atoms with Gasteiger partial charge in [0.1, 0.15) is 5.56 Å². The summed E-state index contributed by atoms with van der Waals surface area (Å²) in [5.74, 6) is -0.174. The van der Waals surface area contributed by atoms with Gasteiger partial charge in [-0.15, -0.1) is 0 Å². The predicted octanol–water partition coefficient (Wildman–Crippen LogP) is 2.05. The average Bonchev–Trinajstić information content (AvgIpc) is 2.80. The van der Waals surface area contributed by atoms with Gasteiger partial charge < -0.3 is 14.8 Å². The van der Waals surface area contributed by atoms with Crippen molar-refractivity contribution in [2.24, 2.45) is 0 Å². The number of anilines is 1. The van der Waals surface area contributed by atoms with E-state index in [4.69, 9.17) is 0 Å². The van der Waals surface area contributed by atoms with Crippen LogP contribution in [0.1, 0.15) is 33.6 Å². The molecule has 0 unspecified atom stereocenters. The molecule has 0 saturated carbocycles. The predicted molar refractivity (Wildman–Crippen MR) is 98.2 cm³/mol. The molecule has 0 aliphatic carbocycles. The van der Waals surface area contributed by atoms with Crippen LogP contribution < -0.4 is 10.5 Å². The third-order valence-electron chi connectivity index (χ3n) is 4.69. The Bertz CT molecular complexity index is 844. The lowest BCUT2D eigenvalue weighted by molar-refractivity contribution is 0.0764. The average molecular weight is 340 g/mol. The summed E-state index contributed by atoms with van der Waals surface area (Å²) in [6.07, 6.45) is 4.53. The van der Waals surface area contributed by atoms with Crippen molar-refractivity contribution in [3.8, 4) is 0 Å². The van der Waals surface area contributed by atoms with Gasteiger partial charge in [-0.2, -0.15) is 0 Å². The third kappa shape index (κ3) is 3.57. The molecule has 3 rings (SSSR count). The van der Waals surface area contributed by atoms with E-state index in [1.54, 1.807) is 11.1 Å². The summed E-state index contributed by atoms with van der Waals surface area (Å²) in [6, 6.07) is 3.86. The number of nitrogens with zero attached hydrogens (tertiary/aromatic N) is 3. The first-order chi connectivity index (χ1) is 12.0. The number of aromatic amines is 1. The summed E-state index contributed by atoms with van der Waals surface area (Å²) < 4.78 is 0. The molecule has 1 amide bonds. The maximum Gasteiger partial charge on any atom is 0.261 e. The van der Waals surface area contributed by atoms with E-state index in [0.717, 1.165) is 42.0 Å². The first-order valence-corrected chi connectivity index (χ1v) is 8.62. The van der Waals surface area contributed by atoms with E-state index in [1.807, 2.05) is 39.1 Å². The van der Waals surface area contributed by atoms with Crippen molar-refractivity contribution in [1.29, 1.82) is 0 Å². The summed E-state index contributed by atoms with van der Waals surface area (Å²) in [5.41, 5.74) is 3.76. The van der Waals surface area contributed by atoms with Gasteiger partial charge in [-0.05, 0) is 50.5 Å². The number of rotatable bonds is 2. The second-order valence-electron chi connectivity index (χ2n) is 6.63. The minimum absolute atomic E-state index is 0.174. The van der Waals surface area contributed by atoms with Crippen LogP contribution in [0.5, 0.6) is 0 Å². The minimum Gasteiger partial charge on any atom is -0.369 e. The molecule has 0 bridgehead atoms. The number of amides is 1. The first-order valence-electron chi connectivity index (χ1n) is 8.62. The van der Waals surface area contributed by atoms with Gasteiger partial charge in [-0.25, -0.2) is 0 Å². The quantitative estimate of drug-likeness (QED) is 0.908. The smallest absolute Gasteiger partial charge is 0.261 e. The number of carbonyl (C=O) groups excluding carboxylic acids is 1. The maximum atomic E-state index is 12.9. The highest BCUT2D eigenvalue weighted by atomic mass is 16.2. The largest absolute Gasteiger partial charge is 0.369 e. The second kappa shape index (κ2) is 7.09. The molecule has 25 heavy (non-hydrogen) atoms. The lowest BCUT2D eigenvalue weighted by atomic mass is 10.1. The Labute approximate surface area is 147 Å². The summed E-state index contributed by atoms with van der Waals surface area (Å²) in [7, 11) is 0. The molecule has 1 N–H and O–H groups in total. The molecular formula is C19H24N4O2. The van der Waals surface area contributed by atoms with E-state index in [-0.39, 0.29) is 17.0 Å². The molecule has 0 radical (unpaired) electrons. The van der Waals surface area contributed by atoms with Gasteiger partial charge in [-0.3, -0.25) is 14.6 Å². The molecule has 1 fully saturated rings. The topological polar surface area (TPSA) is 69.3 Å². The molecule has 132 valence electrons. The fourth-order valence-corrected chi connectivity index (χ4v) is 3.46. The molecule has 1 aliphatic heterocycles. The van der Waals surface area contributed by atoms with Crippen LogP contribution in [0.25, 0.3) is 0 Å². The zero-order valence-corrected chi connectivity index (χ0v) is 15.0. The standard InChI is InChI=1S/C19H24N4O2/c1-13-11-15(3)21-18(24)17(13)19(25)23-8-4-7-22(9-10-23)16-5-6-20-12-14(16)2/h5-6,11-12H,4,7-10H2,1-3H3,(H,21,24). The summed E-state index contributed by atoms with van der Waals surface area (Å²) in [4.78, 5) is 36.1. The molecule has 6 nitrogen and oxygen atoms in total. The fraction of sp³-hybridized carbons (Fsp3) is 0.421. The number of nitrogens with one attached hydrogen (secondary N) is 1. The Balaban J connectivity index is 1.79. The number of hydrogen-bond donors (Lipinski definition) is 1. The molecule has 6 heteroatoms. The van der Waals surface area contributed by atoms with E-state index in [9.17, 15) is 9.59 Å². The monoisotopic (exact) mass is 340 g/mol. The van der Waals surface area contributed by atoms with Crippen molar-refractivity contribution in [3.05, 3.63) is 57.3 Å². The third-order valence-corrected chi connectivity index (χ3v) is 4.69. The normalized spacial score (nSPS) is 15.2. The Morgan fingerprint density at radius 1 is 1.12 bits per heavy atom. The Hall–Kier alpha value is -2.63. The van der Waals surface area contributed by atoms with Crippen LogP contribution in [-0.4, -0.2) is 47.0 Å². The molecule has 0 spiro atoms. The highest BCUT2D eigenvalue weighted by molar-refractivity contribution is 5.95. The zero-order chi connectivity index (χ0) is 18.0. The number of pyridine rings is 2. The molecule has 1 saturated heterocycles. The van der Waals surface area contributed by atoms with Crippen LogP contribution in [0.15, 0.2) is 29.3 Å². The van der Waals surface area contributed by atoms with E-state index >= 15 is 0 Å². The Morgan fingerprint density at radius 3 is 2.64 bits per heavy atom. The van der Waals surface area contributed by atoms with Gasteiger partial charge >= 0.3 is 0 Å². The van der Waals surface area contributed by atoms with Crippen molar-refractivity contribution >= 4 is 11.6 Å². The number of aromatic nitrogens is 2. The lowest BCUT2D eigenvalue weighted by Gasteiger charge is -2.25. The first kappa shape index (κ1) is 17.2. The van der Waals surface area contributed by atoms with Crippen LogP contribution in [-0.2, 0) is 0 Å². The van der Waals surface area contributed by atoms with E-state index in [1.165, 1.54) is 0 Å². The van der Waals surface area contributed by atoms with Crippen LogP contribution in [0.4, 0.5) is 5.69 Å². The van der Waals surface area contributed by atoms with Gasteiger partial charge in [-0.1, -0.05) is 0 Å². The van der Waals surface area contributed by atoms with Gasteiger partial charge in [0, 0.05) is 50.0 Å². The van der Waals surface area contributed by atoms with Crippen LogP contribution in [0.2, 0.25) is 0 Å². The molecule has 0 aromatic carbocycles. The van der Waals surface area contributed by atoms with Crippen LogP contribution in [0, 0.1) is 20.8 Å². The minimum atomic E-state index is -0.298. The SMILES string of the molecule is Cc1cc(C)c(C(=O)N2CCCN(c3ccncc3C)CC2)c(=O)[nH]1. The van der Waals surface area contributed by atoms with Gasteiger partial charge in [0.25, 0.3) is 11.5 Å². The van der Waals surface area contributed by atoms with Crippen molar-refractivity contribution in [2.45, 2.75) is 27.2 Å². The van der Waals surface area contributed by atoms with Crippen molar-refractivity contribution in [1.82, 2.24) is 14.9 Å². The molecular weight excluding hydrogens is 316 g/mol. The number of H-pyrrole nitrogens is 1. The van der Waals surface area contributed by atoms with E-state index < -0.39 is 0 Å². The Morgan fingerprint density at radius 2 is 1.92 bits per heavy atom. The van der Waals surface area contributed by atoms with Gasteiger partial charge in [0.05, 0.1) is 0 Å². The molecule has 2 aromatic heterocycles. The summed E-state index contributed by atoms with van der Waals surface area (Å²) >= 11 is 0. The summed E-state index contributed by atoms with van der Waals surface area (Å²) in [5, 5.41) is 0. The molecule has 1 aliphatic rings. The second-order valence-corrected chi connectivity index (χ2v) is 6.63. The number of carbonyl (C=O) groups is 1. The van der Waals surface area contributed by atoms with Crippen molar-refractivity contribution in [3.63, 3.8) is 0 Å². The highest BCUT2D eigenvalue weighted by Crippen LogP contribution is 2.20. The summed E-state index contributed by atoms with van der Waals surface area (Å²) in [6.45, 7) is 8.59.